The maximum absolute atomic E-state index is 11.5. The maximum Gasteiger partial charge on any atom is 0.303 e. The molecule has 19 heavy (non-hydrogen) atoms. The van der Waals surface area contributed by atoms with Crippen molar-refractivity contribution in [1.29, 1.82) is 0 Å². The van der Waals surface area contributed by atoms with Crippen molar-refractivity contribution in [3.63, 3.8) is 0 Å². The molecule has 1 aliphatic rings. The van der Waals surface area contributed by atoms with Gasteiger partial charge < -0.3 is 10.4 Å². The lowest BCUT2D eigenvalue weighted by Gasteiger charge is -2.04. The number of hydrogen-bond donors (Lipinski definition) is 2. The second-order valence-corrected chi connectivity index (χ2v) is 5.22. The van der Waals surface area contributed by atoms with E-state index in [-0.39, 0.29) is 18.1 Å². The Morgan fingerprint density at radius 2 is 2.26 bits per heavy atom. The van der Waals surface area contributed by atoms with Gasteiger partial charge in [-0.1, -0.05) is 11.8 Å². The van der Waals surface area contributed by atoms with E-state index in [1.54, 1.807) is 4.68 Å². The van der Waals surface area contributed by atoms with E-state index >= 15 is 0 Å². The van der Waals surface area contributed by atoms with Crippen molar-refractivity contribution >= 4 is 23.6 Å². The van der Waals surface area contributed by atoms with Crippen molar-refractivity contribution in [1.82, 2.24) is 25.5 Å². The van der Waals surface area contributed by atoms with Gasteiger partial charge in [0.25, 0.3) is 0 Å². The first-order valence-electron chi connectivity index (χ1n) is 6.06. The van der Waals surface area contributed by atoms with Crippen LogP contribution in [0.25, 0.3) is 0 Å². The summed E-state index contributed by atoms with van der Waals surface area (Å²) in [7, 11) is 0. The fourth-order valence-corrected chi connectivity index (χ4v) is 2.25. The number of thioether (sulfide) groups is 1. The fourth-order valence-electron chi connectivity index (χ4n) is 1.48. The smallest absolute Gasteiger partial charge is 0.303 e. The highest BCUT2D eigenvalue weighted by atomic mass is 32.2. The second kappa shape index (κ2) is 6.50. The number of carbonyl (C=O) groups excluding carboxylic acids is 1. The minimum absolute atomic E-state index is 0.0628. The van der Waals surface area contributed by atoms with Crippen LogP contribution in [0.4, 0.5) is 0 Å². The Bertz CT molecular complexity index is 460. The number of aliphatic carboxylic acids is 1. The first-order chi connectivity index (χ1) is 9.16. The van der Waals surface area contributed by atoms with Gasteiger partial charge in [-0.2, -0.15) is 0 Å². The zero-order chi connectivity index (χ0) is 13.7. The summed E-state index contributed by atoms with van der Waals surface area (Å²) in [6, 6.07) is 0.385. The molecule has 8 nitrogen and oxygen atoms in total. The first kappa shape index (κ1) is 13.8. The number of tetrazole rings is 1. The molecule has 0 aromatic carbocycles. The molecule has 1 saturated carbocycles. The normalized spacial score (nSPS) is 14.3. The lowest BCUT2D eigenvalue weighted by atomic mass is 10.3. The molecule has 9 heteroatoms. The van der Waals surface area contributed by atoms with Gasteiger partial charge in [-0.25, -0.2) is 4.68 Å². The largest absolute Gasteiger partial charge is 0.481 e. The lowest BCUT2D eigenvalue weighted by molar-refractivity contribution is -0.137. The van der Waals surface area contributed by atoms with E-state index in [1.165, 1.54) is 11.8 Å². The first-order valence-corrected chi connectivity index (χ1v) is 7.04. The molecule has 1 amide bonds. The molecule has 0 bridgehead atoms. The zero-order valence-electron chi connectivity index (χ0n) is 10.3. The second-order valence-electron chi connectivity index (χ2n) is 4.27. The van der Waals surface area contributed by atoms with E-state index in [2.05, 4.69) is 20.8 Å². The average Bonchev–Trinajstić information content (AvgIpc) is 3.11. The molecule has 2 N–H and O–H groups in total. The van der Waals surface area contributed by atoms with E-state index in [4.69, 9.17) is 5.11 Å². The number of rotatable bonds is 8. The molecule has 1 fully saturated rings. The van der Waals surface area contributed by atoms with Gasteiger partial charge >= 0.3 is 5.97 Å². The summed E-state index contributed by atoms with van der Waals surface area (Å²) in [5.41, 5.74) is 0. The molecule has 0 atom stereocenters. The molecule has 1 aromatic rings. The van der Waals surface area contributed by atoms with Crippen LogP contribution < -0.4 is 5.32 Å². The average molecular weight is 285 g/mol. The third-order valence-electron chi connectivity index (χ3n) is 2.58. The highest BCUT2D eigenvalue weighted by molar-refractivity contribution is 7.99. The van der Waals surface area contributed by atoms with Crippen molar-refractivity contribution < 1.29 is 14.7 Å². The molecule has 104 valence electrons. The summed E-state index contributed by atoms with van der Waals surface area (Å²) in [5, 5.41) is 23.1. The van der Waals surface area contributed by atoms with E-state index in [9.17, 15) is 9.59 Å². The molecule has 2 rings (SSSR count). The van der Waals surface area contributed by atoms with Crippen LogP contribution in [-0.2, 0) is 9.59 Å². The van der Waals surface area contributed by atoms with E-state index in [1.807, 2.05) is 0 Å². The quantitative estimate of drug-likeness (QED) is 0.514. The predicted molar refractivity (Wildman–Crippen MR) is 66.7 cm³/mol. The van der Waals surface area contributed by atoms with Crippen LogP contribution in [0.1, 0.15) is 31.7 Å². The SMILES string of the molecule is O=C(O)CCCNC(=O)CSc1nnnn1C1CC1. The van der Waals surface area contributed by atoms with Gasteiger partial charge in [-0.3, -0.25) is 9.59 Å². The molecular formula is C10H15N5O3S. The van der Waals surface area contributed by atoms with Crippen molar-refractivity contribution in [2.75, 3.05) is 12.3 Å². The van der Waals surface area contributed by atoms with E-state index in [0.29, 0.717) is 24.2 Å². The number of aromatic nitrogens is 4. The molecule has 0 saturated heterocycles. The predicted octanol–water partition coefficient (Wildman–Crippen LogP) is 0.0811. The number of carboxylic acid groups (broad SMARTS) is 1. The standard InChI is InChI=1S/C10H15N5O3S/c16-8(11-5-1-2-9(17)18)6-19-10-12-13-14-15(10)7-3-4-7/h7H,1-6H2,(H,11,16)(H,17,18). The highest BCUT2D eigenvalue weighted by Gasteiger charge is 2.28. The number of carboxylic acids is 1. The minimum Gasteiger partial charge on any atom is -0.481 e. The third-order valence-corrected chi connectivity index (χ3v) is 3.51. The van der Waals surface area contributed by atoms with Crippen molar-refractivity contribution in [2.24, 2.45) is 0 Å². The highest BCUT2D eigenvalue weighted by Crippen LogP contribution is 2.36. The van der Waals surface area contributed by atoms with Crippen molar-refractivity contribution in [2.45, 2.75) is 36.9 Å². The number of amides is 1. The lowest BCUT2D eigenvalue weighted by Crippen LogP contribution is -2.26. The van der Waals surface area contributed by atoms with Gasteiger partial charge in [0.15, 0.2) is 0 Å². The van der Waals surface area contributed by atoms with Gasteiger partial charge in [0.2, 0.25) is 11.1 Å². The maximum atomic E-state index is 11.5. The molecular weight excluding hydrogens is 270 g/mol. The topological polar surface area (TPSA) is 110 Å². The molecule has 1 aromatic heterocycles. The van der Waals surface area contributed by atoms with Crippen molar-refractivity contribution in [3.05, 3.63) is 0 Å². The van der Waals surface area contributed by atoms with Crippen LogP contribution in [0.2, 0.25) is 0 Å². The Kier molecular flexibility index (Phi) is 4.72. The minimum atomic E-state index is -0.854. The summed E-state index contributed by atoms with van der Waals surface area (Å²) in [6.45, 7) is 0.374. The van der Waals surface area contributed by atoms with Crippen molar-refractivity contribution in [3.8, 4) is 0 Å². The third kappa shape index (κ3) is 4.51. The summed E-state index contributed by atoms with van der Waals surface area (Å²) in [6.07, 6.45) is 2.67. The van der Waals surface area contributed by atoms with E-state index < -0.39 is 5.97 Å². The van der Waals surface area contributed by atoms with E-state index in [0.717, 1.165) is 12.8 Å². The monoisotopic (exact) mass is 285 g/mol. The Hall–Kier alpha value is -1.64. The summed E-state index contributed by atoms with van der Waals surface area (Å²) < 4.78 is 1.75. The van der Waals surface area contributed by atoms with Crippen LogP contribution >= 0.6 is 11.8 Å². The zero-order valence-corrected chi connectivity index (χ0v) is 11.1. The molecule has 1 heterocycles. The fraction of sp³-hybridized carbons (Fsp3) is 0.700. The Balaban J connectivity index is 1.65. The van der Waals surface area contributed by atoms with Gasteiger partial charge in [0.1, 0.15) is 0 Å². The number of nitrogens with one attached hydrogen (secondary N) is 1. The summed E-state index contributed by atoms with van der Waals surface area (Å²) >= 11 is 1.29. The number of hydrogen-bond acceptors (Lipinski definition) is 6. The van der Waals surface area contributed by atoms with Crippen LogP contribution in [0.5, 0.6) is 0 Å². The van der Waals surface area contributed by atoms with Crippen LogP contribution in [0.3, 0.4) is 0 Å². The van der Waals surface area contributed by atoms with Gasteiger partial charge in [-0.05, 0) is 29.7 Å². The number of carbonyl (C=O) groups is 2. The van der Waals surface area contributed by atoms with Gasteiger partial charge in [0.05, 0.1) is 11.8 Å². The molecule has 0 unspecified atom stereocenters. The van der Waals surface area contributed by atoms with Gasteiger partial charge in [0, 0.05) is 13.0 Å². The summed E-state index contributed by atoms with van der Waals surface area (Å²) in [5.74, 6) is -0.756. The number of nitrogens with zero attached hydrogens (tertiary/aromatic N) is 4. The van der Waals surface area contributed by atoms with Crippen LogP contribution in [0, 0.1) is 0 Å². The molecule has 0 aliphatic heterocycles. The molecule has 0 radical (unpaired) electrons. The Labute approximate surface area is 113 Å². The van der Waals surface area contributed by atoms with Crippen LogP contribution in [0.15, 0.2) is 5.16 Å². The molecule has 1 aliphatic carbocycles. The van der Waals surface area contributed by atoms with Gasteiger partial charge in [-0.15, -0.1) is 5.10 Å². The Morgan fingerprint density at radius 3 is 2.95 bits per heavy atom. The van der Waals surface area contributed by atoms with Crippen LogP contribution in [-0.4, -0.2) is 49.5 Å². The Morgan fingerprint density at radius 1 is 1.47 bits per heavy atom. The summed E-state index contributed by atoms with van der Waals surface area (Å²) in [4.78, 5) is 21.8. The molecule has 0 spiro atoms.